The highest BCUT2D eigenvalue weighted by molar-refractivity contribution is 6.22. The third kappa shape index (κ3) is 5.79. The van der Waals surface area contributed by atoms with Crippen LogP contribution in [0.4, 0.5) is 23.7 Å². The summed E-state index contributed by atoms with van der Waals surface area (Å²) in [5, 5.41) is 9.00. The summed E-state index contributed by atoms with van der Waals surface area (Å²) in [6.45, 7) is 7.41. The van der Waals surface area contributed by atoms with Crippen molar-refractivity contribution in [2.24, 2.45) is 23.0 Å². The summed E-state index contributed by atoms with van der Waals surface area (Å²) in [6.07, 6.45) is -3.00. The number of ether oxygens (including phenoxy) is 2. The molecule has 8 nitrogen and oxygen atoms in total. The molecule has 3 atom stereocenters. The lowest BCUT2D eigenvalue weighted by atomic mass is 9.71. The van der Waals surface area contributed by atoms with E-state index in [1.807, 2.05) is 26.8 Å². The molecular weight excluding hydrogens is 539 g/mol. The summed E-state index contributed by atoms with van der Waals surface area (Å²) in [5.74, 6) is -2.13. The summed E-state index contributed by atoms with van der Waals surface area (Å²) in [4.78, 5) is 37.5. The normalized spacial score (nSPS) is 25.6. The van der Waals surface area contributed by atoms with Gasteiger partial charge in [0.2, 0.25) is 11.8 Å². The molecule has 2 aromatic rings. The lowest BCUT2D eigenvalue weighted by molar-refractivity contribution is -0.151. The minimum Gasteiger partial charge on any atom is -0.411 e. The Hall–Kier alpha value is -3.91. The van der Waals surface area contributed by atoms with Gasteiger partial charge in [0.1, 0.15) is 5.75 Å². The number of para-hydroxylation sites is 1. The first-order valence-electron chi connectivity index (χ1n) is 12.8. The van der Waals surface area contributed by atoms with Crippen molar-refractivity contribution < 1.29 is 37.0 Å². The van der Waals surface area contributed by atoms with Crippen molar-refractivity contribution in [3.63, 3.8) is 0 Å². The molecule has 1 spiro atoms. The average Bonchev–Trinajstić information content (AvgIpc) is 3.55. The molecule has 2 heterocycles. The van der Waals surface area contributed by atoms with Crippen LogP contribution in [0.3, 0.4) is 0 Å². The molecular formula is C30H34F3N3O5. The number of nitrogens with two attached hydrogens (primary N) is 1. The number of hydrogen-bond acceptors (Lipinski definition) is 6. The van der Waals surface area contributed by atoms with E-state index in [0.29, 0.717) is 11.8 Å². The summed E-state index contributed by atoms with van der Waals surface area (Å²) in [6, 6.07) is 13.1. The van der Waals surface area contributed by atoms with Crippen molar-refractivity contribution in [2.45, 2.75) is 71.8 Å². The molecule has 3 unspecified atom stereocenters. The van der Waals surface area contributed by atoms with E-state index >= 15 is 0 Å². The predicted molar refractivity (Wildman–Crippen MR) is 145 cm³/mol. The largest absolute Gasteiger partial charge is 0.417 e. The van der Waals surface area contributed by atoms with E-state index in [4.69, 9.17) is 15.7 Å². The zero-order chi connectivity index (χ0) is 29.7. The monoisotopic (exact) mass is 573 g/mol. The van der Waals surface area contributed by atoms with Crippen LogP contribution in [-0.2, 0) is 20.5 Å². The van der Waals surface area contributed by atoms with Crippen LogP contribution in [0, 0.1) is 28.6 Å². The van der Waals surface area contributed by atoms with Gasteiger partial charge in [-0.2, -0.15) is 18.4 Å². The molecule has 2 N–H and O–H groups in total. The van der Waals surface area contributed by atoms with Crippen molar-refractivity contribution in [3.05, 3.63) is 59.7 Å². The molecule has 3 amide bonds. The molecule has 0 aromatic heterocycles. The van der Waals surface area contributed by atoms with Crippen LogP contribution in [0.15, 0.2) is 48.5 Å². The van der Waals surface area contributed by atoms with E-state index in [2.05, 4.69) is 4.74 Å². The Kier molecular flexibility index (Phi) is 8.34. The molecule has 41 heavy (non-hydrogen) atoms. The molecule has 0 radical (unpaired) electrons. The van der Waals surface area contributed by atoms with E-state index in [0.717, 1.165) is 30.2 Å². The first kappa shape index (κ1) is 31.6. The van der Waals surface area contributed by atoms with Crippen LogP contribution in [0.5, 0.6) is 5.75 Å². The van der Waals surface area contributed by atoms with Crippen LogP contribution in [0.1, 0.15) is 65.5 Å². The Morgan fingerprint density at radius 3 is 2.22 bits per heavy atom. The molecule has 2 aromatic carbocycles. The van der Waals surface area contributed by atoms with Crippen molar-refractivity contribution in [1.29, 1.82) is 5.26 Å². The summed E-state index contributed by atoms with van der Waals surface area (Å²) in [5.41, 5.74) is 1.37. The number of alkyl halides is 3. The first-order valence-corrected chi connectivity index (χ1v) is 12.8. The van der Waals surface area contributed by atoms with E-state index in [-0.39, 0.29) is 18.5 Å². The molecule has 1 saturated carbocycles. The lowest BCUT2D eigenvalue weighted by Crippen LogP contribution is -2.48. The van der Waals surface area contributed by atoms with E-state index in [9.17, 15) is 27.6 Å². The van der Waals surface area contributed by atoms with Crippen LogP contribution in [0.2, 0.25) is 0 Å². The molecule has 3 aliphatic rings. The van der Waals surface area contributed by atoms with Crippen LogP contribution >= 0.6 is 0 Å². The Morgan fingerprint density at radius 1 is 1.10 bits per heavy atom. The number of nitrogens with zero attached hydrogens (tertiary/aromatic N) is 2. The quantitative estimate of drug-likeness (QED) is 0.435. The predicted octanol–water partition coefficient (Wildman–Crippen LogP) is 6.22. The molecule has 220 valence electrons. The number of carbonyl (C=O) groups excluding carboxylic acids is 3. The molecule has 3 fully saturated rings. The fourth-order valence-corrected chi connectivity index (χ4v) is 6.31. The van der Waals surface area contributed by atoms with Crippen LogP contribution in [0.25, 0.3) is 0 Å². The Morgan fingerprint density at radius 2 is 1.71 bits per heavy atom. The maximum Gasteiger partial charge on any atom is 0.417 e. The van der Waals surface area contributed by atoms with Gasteiger partial charge in [0.25, 0.3) is 0 Å². The Bertz CT molecular complexity index is 1380. The zero-order valence-electron chi connectivity index (χ0n) is 22.5. The number of benzene rings is 2. The number of primary amides is 1. The van der Waals surface area contributed by atoms with Gasteiger partial charge in [-0.05, 0) is 70.4 Å². The second-order valence-corrected chi connectivity index (χ2v) is 11.3. The first-order chi connectivity index (χ1) is 18.6. The van der Waals surface area contributed by atoms with E-state index in [1.165, 1.54) is 12.1 Å². The highest BCUT2D eigenvalue weighted by Crippen LogP contribution is 2.69. The summed E-state index contributed by atoms with van der Waals surface area (Å²) in [7, 11) is 0. The van der Waals surface area contributed by atoms with Crippen molar-refractivity contribution in [3.8, 4) is 11.8 Å². The molecule has 2 aliphatic heterocycles. The molecule has 5 rings (SSSR count). The van der Waals surface area contributed by atoms with Gasteiger partial charge in [-0.15, -0.1) is 0 Å². The van der Waals surface area contributed by atoms with Gasteiger partial charge in [0.15, 0.2) is 0 Å². The molecule has 1 aliphatic carbocycles. The van der Waals surface area contributed by atoms with Crippen molar-refractivity contribution in [2.75, 3.05) is 4.90 Å². The van der Waals surface area contributed by atoms with Gasteiger partial charge in [-0.3, -0.25) is 9.59 Å². The maximum absolute atomic E-state index is 13.4. The number of hydrogen-bond donors (Lipinski definition) is 1. The van der Waals surface area contributed by atoms with Gasteiger partial charge < -0.3 is 15.2 Å². The molecule has 0 bridgehead atoms. The highest BCUT2D eigenvalue weighted by Gasteiger charge is 2.72. The summed E-state index contributed by atoms with van der Waals surface area (Å²) >= 11 is 0. The minimum absolute atomic E-state index is 0. The second-order valence-electron chi connectivity index (χ2n) is 11.3. The Labute approximate surface area is 237 Å². The number of anilines is 1. The van der Waals surface area contributed by atoms with Crippen molar-refractivity contribution >= 4 is 23.6 Å². The van der Waals surface area contributed by atoms with Crippen molar-refractivity contribution in [1.82, 2.24) is 0 Å². The van der Waals surface area contributed by atoms with Crippen LogP contribution < -0.4 is 15.4 Å². The number of amides is 3. The van der Waals surface area contributed by atoms with Gasteiger partial charge in [0.05, 0.1) is 45.9 Å². The number of rotatable bonds is 3. The lowest BCUT2D eigenvalue weighted by Gasteiger charge is -2.38. The van der Waals surface area contributed by atoms with Gasteiger partial charge in [0, 0.05) is 5.41 Å². The zero-order valence-corrected chi connectivity index (χ0v) is 22.5. The topological polar surface area (TPSA) is 123 Å². The second kappa shape index (κ2) is 10.8. The van der Waals surface area contributed by atoms with Gasteiger partial charge in [-0.1, -0.05) is 32.5 Å². The van der Waals surface area contributed by atoms with Gasteiger partial charge >= 0.3 is 12.3 Å². The maximum atomic E-state index is 13.4. The fourth-order valence-electron chi connectivity index (χ4n) is 6.31. The van der Waals surface area contributed by atoms with Crippen LogP contribution in [-0.4, -0.2) is 29.1 Å². The average molecular weight is 574 g/mol. The number of imide groups is 1. The third-order valence-electron chi connectivity index (χ3n) is 8.00. The summed E-state index contributed by atoms with van der Waals surface area (Å²) < 4.78 is 51.1. The smallest absolute Gasteiger partial charge is 0.411 e. The van der Waals surface area contributed by atoms with E-state index < -0.39 is 58.2 Å². The van der Waals surface area contributed by atoms with Gasteiger partial charge in [-0.25, -0.2) is 9.69 Å². The van der Waals surface area contributed by atoms with E-state index in [1.54, 1.807) is 31.2 Å². The minimum atomic E-state index is -4.78. The third-order valence-corrected chi connectivity index (χ3v) is 8.00. The number of halogens is 3. The number of carbonyl (C=O) groups is 3. The molecule has 2 saturated heterocycles. The fraction of sp³-hybridized carbons (Fsp3) is 0.467. The standard InChI is InChI=1S/C22H23F3N2O3.C7H7NO2.CH4/c1-12-16(20(4)21(7-8-21)11-19(2,3)30-20)18(29)27(17(12)28)14-6-5-13(10-26)15(9-14)22(23,24)25;8-7(9)10-6-4-2-1-3-5-6;/h5-6,9,12,16H,7-8,11H2,1-4H3;1-5H,(H2,8,9);1H4. The number of nitriles is 1. The Balaban J connectivity index is 0.000000357. The molecule has 11 heteroatoms. The highest BCUT2D eigenvalue weighted by atomic mass is 19.4. The SMILES string of the molecule is C.CC1C(=O)N(c2ccc(C#N)c(C(F)(F)F)c2)C(=O)C1C1(C)OC(C)(C)CC12CC2.NC(=O)Oc1ccccc1.